The Morgan fingerprint density at radius 1 is 1.00 bits per heavy atom. The van der Waals surface area contributed by atoms with Gasteiger partial charge in [0.05, 0.1) is 11.8 Å². The Morgan fingerprint density at radius 3 is 2.42 bits per heavy atom. The molecule has 31 heavy (non-hydrogen) atoms. The molecule has 0 saturated heterocycles. The predicted molar refractivity (Wildman–Crippen MR) is 127 cm³/mol. The molecule has 0 aliphatic heterocycles. The zero-order valence-electron chi connectivity index (χ0n) is 19.2. The van der Waals surface area contributed by atoms with Gasteiger partial charge in [0.2, 0.25) is 5.95 Å². The first kappa shape index (κ1) is 22.0. The summed E-state index contributed by atoms with van der Waals surface area (Å²) in [6.45, 7) is 0.851. The number of nitrogens with one attached hydrogen (secondary N) is 2. The average molecular weight is 424 g/mol. The van der Waals surface area contributed by atoms with Crippen LogP contribution < -0.4 is 15.5 Å². The lowest BCUT2D eigenvalue weighted by Crippen LogP contribution is -2.39. The quantitative estimate of drug-likeness (QED) is 0.666. The fourth-order valence-electron chi connectivity index (χ4n) is 4.91. The van der Waals surface area contributed by atoms with Crippen molar-refractivity contribution in [3.8, 4) is 0 Å². The van der Waals surface area contributed by atoms with Crippen molar-refractivity contribution in [1.82, 2.24) is 15.3 Å². The fraction of sp³-hybridized carbons (Fsp3) is 0.600. The van der Waals surface area contributed by atoms with Crippen molar-refractivity contribution in [3.63, 3.8) is 0 Å². The molecule has 1 aromatic carbocycles. The molecule has 1 heterocycles. The molecule has 0 spiro atoms. The van der Waals surface area contributed by atoms with Crippen molar-refractivity contribution in [1.29, 1.82) is 0 Å². The molecule has 2 N–H and O–H groups in total. The van der Waals surface area contributed by atoms with Crippen LogP contribution in [0.1, 0.15) is 61.4 Å². The maximum Gasteiger partial charge on any atom is 0.225 e. The maximum atomic E-state index is 5.71. The molecule has 0 radical (unpaired) electrons. The van der Waals surface area contributed by atoms with E-state index in [0.717, 1.165) is 56.8 Å². The summed E-state index contributed by atoms with van der Waals surface area (Å²) in [7, 11) is 5.96. The zero-order valence-corrected chi connectivity index (χ0v) is 19.2. The number of aryl methyl sites for hydroxylation is 1. The lowest BCUT2D eigenvalue weighted by atomic mass is 9.91. The molecule has 1 aromatic heterocycles. The first-order chi connectivity index (χ1) is 15.1. The van der Waals surface area contributed by atoms with Crippen molar-refractivity contribution in [2.45, 2.75) is 69.6 Å². The van der Waals surface area contributed by atoms with Gasteiger partial charge >= 0.3 is 0 Å². The van der Waals surface area contributed by atoms with Crippen molar-refractivity contribution in [2.75, 3.05) is 38.0 Å². The van der Waals surface area contributed by atoms with Crippen LogP contribution in [-0.4, -0.2) is 49.8 Å². The number of methoxy groups -OCH3 is 1. The van der Waals surface area contributed by atoms with Crippen LogP contribution in [0.4, 0.5) is 11.8 Å². The van der Waals surface area contributed by atoms with Gasteiger partial charge in [-0.1, -0.05) is 30.3 Å². The van der Waals surface area contributed by atoms with Crippen LogP contribution in [0.2, 0.25) is 0 Å². The second kappa shape index (κ2) is 10.4. The molecule has 2 aromatic rings. The van der Waals surface area contributed by atoms with Crippen LogP contribution in [0.3, 0.4) is 0 Å². The third kappa shape index (κ3) is 5.55. The Kier molecular flexibility index (Phi) is 7.41. The highest BCUT2D eigenvalue weighted by molar-refractivity contribution is 5.52. The number of fused-ring (bicyclic) bond motifs is 1. The Balaban J connectivity index is 1.30. The monoisotopic (exact) mass is 423 g/mol. The third-order valence-electron chi connectivity index (χ3n) is 6.69. The van der Waals surface area contributed by atoms with Crippen LogP contribution in [0.5, 0.6) is 0 Å². The molecule has 0 amide bonds. The van der Waals surface area contributed by atoms with Gasteiger partial charge in [-0.05, 0) is 56.9 Å². The van der Waals surface area contributed by atoms with Crippen LogP contribution in [-0.2, 0) is 17.6 Å². The van der Waals surface area contributed by atoms with Gasteiger partial charge in [0, 0.05) is 45.4 Å². The molecule has 6 heteroatoms. The lowest BCUT2D eigenvalue weighted by Gasteiger charge is -2.31. The first-order valence-electron chi connectivity index (χ1n) is 11.8. The molecular formula is C25H37N5O. The highest BCUT2D eigenvalue weighted by atomic mass is 16.5. The minimum absolute atomic E-state index is 0.102. The molecule has 1 saturated carbocycles. The molecule has 1 atom stereocenters. The standard InChI is InChI=1S/C25H37N5O/c1-30(2)24-21-11-7-8-12-22(21)28-25(29-24)27-20-15-13-19(14-16-20)26-17-23(31-3)18-9-5-4-6-10-18/h4-6,9-10,19-20,23,26H,7-8,11-17H2,1-3H3,(H,27,28,29)/t19-,20+,23?. The Hall–Kier alpha value is -2.18. The second-order valence-corrected chi connectivity index (χ2v) is 9.13. The van der Waals surface area contributed by atoms with E-state index in [4.69, 9.17) is 14.7 Å². The number of anilines is 2. The first-order valence-corrected chi connectivity index (χ1v) is 11.8. The molecule has 1 unspecified atom stereocenters. The van der Waals surface area contributed by atoms with E-state index in [-0.39, 0.29) is 6.10 Å². The summed E-state index contributed by atoms with van der Waals surface area (Å²) >= 11 is 0. The number of hydrogen-bond acceptors (Lipinski definition) is 6. The van der Waals surface area contributed by atoms with Crippen LogP contribution >= 0.6 is 0 Å². The number of ether oxygens (including phenoxy) is 1. The van der Waals surface area contributed by atoms with E-state index in [1.165, 1.54) is 29.7 Å². The van der Waals surface area contributed by atoms with Crippen molar-refractivity contribution in [2.24, 2.45) is 0 Å². The molecule has 1 fully saturated rings. The van der Waals surface area contributed by atoms with Gasteiger partial charge in [-0.2, -0.15) is 4.98 Å². The third-order valence-corrected chi connectivity index (χ3v) is 6.69. The summed E-state index contributed by atoms with van der Waals surface area (Å²) in [4.78, 5) is 11.9. The summed E-state index contributed by atoms with van der Waals surface area (Å²) in [6, 6.07) is 11.5. The molecule has 168 valence electrons. The van der Waals surface area contributed by atoms with E-state index in [1.807, 2.05) is 6.07 Å². The molecular weight excluding hydrogens is 386 g/mol. The van der Waals surface area contributed by atoms with E-state index >= 15 is 0 Å². The number of aromatic nitrogens is 2. The van der Waals surface area contributed by atoms with E-state index in [1.54, 1.807) is 7.11 Å². The molecule has 0 bridgehead atoms. The van der Waals surface area contributed by atoms with Gasteiger partial charge in [-0.15, -0.1) is 0 Å². The minimum Gasteiger partial charge on any atom is -0.375 e. The van der Waals surface area contributed by atoms with Crippen molar-refractivity contribution >= 4 is 11.8 Å². The van der Waals surface area contributed by atoms with Gasteiger partial charge in [0.15, 0.2) is 0 Å². The van der Waals surface area contributed by atoms with Gasteiger partial charge in [0.25, 0.3) is 0 Å². The largest absolute Gasteiger partial charge is 0.375 e. The number of rotatable bonds is 8. The lowest BCUT2D eigenvalue weighted by molar-refractivity contribution is 0.0974. The average Bonchev–Trinajstić information content (AvgIpc) is 2.80. The molecule has 4 rings (SSSR count). The fourth-order valence-corrected chi connectivity index (χ4v) is 4.91. The summed E-state index contributed by atoms with van der Waals surface area (Å²) in [6.07, 6.45) is 9.36. The van der Waals surface area contributed by atoms with E-state index in [2.05, 4.69) is 53.9 Å². The van der Waals surface area contributed by atoms with Gasteiger partial charge in [-0.25, -0.2) is 4.98 Å². The molecule has 6 nitrogen and oxygen atoms in total. The Morgan fingerprint density at radius 2 is 1.71 bits per heavy atom. The zero-order chi connectivity index (χ0) is 21.6. The predicted octanol–water partition coefficient (Wildman–Crippen LogP) is 4.12. The SMILES string of the molecule is COC(CN[C@H]1CC[C@@H](Nc2nc3c(c(N(C)C)n2)CCCC3)CC1)c1ccccc1. The van der Waals surface area contributed by atoms with Gasteiger partial charge < -0.3 is 20.3 Å². The second-order valence-electron chi connectivity index (χ2n) is 9.13. The maximum absolute atomic E-state index is 5.71. The van der Waals surface area contributed by atoms with Crippen LogP contribution in [0.25, 0.3) is 0 Å². The highest BCUT2D eigenvalue weighted by Gasteiger charge is 2.24. The van der Waals surface area contributed by atoms with Crippen LogP contribution in [0, 0.1) is 0 Å². The summed E-state index contributed by atoms with van der Waals surface area (Å²) in [5.41, 5.74) is 3.82. The van der Waals surface area contributed by atoms with Crippen LogP contribution in [0.15, 0.2) is 30.3 Å². The van der Waals surface area contributed by atoms with Crippen molar-refractivity contribution in [3.05, 3.63) is 47.2 Å². The van der Waals surface area contributed by atoms with E-state index in [0.29, 0.717) is 12.1 Å². The molecule has 2 aliphatic rings. The van der Waals surface area contributed by atoms with E-state index < -0.39 is 0 Å². The summed E-state index contributed by atoms with van der Waals surface area (Å²) in [5.74, 6) is 1.90. The smallest absolute Gasteiger partial charge is 0.225 e. The Labute approximate surface area is 186 Å². The number of benzene rings is 1. The summed E-state index contributed by atoms with van der Waals surface area (Å²) in [5, 5.41) is 7.38. The van der Waals surface area contributed by atoms with Gasteiger partial charge in [-0.3, -0.25) is 0 Å². The molecule has 2 aliphatic carbocycles. The number of hydrogen-bond donors (Lipinski definition) is 2. The van der Waals surface area contributed by atoms with Crippen molar-refractivity contribution < 1.29 is 4.74 Å². The highest BCUT2D eigenvalue weighted by Crippen LogP contribution is 2.29. The number of nitrogens with zero attached hydrogens (tertiary/aromatic N) is 3. The van der Waals surface area contributed by atoms with Gasteiger partial charge in [0.1, 0.15) is 5.82 Å². The van der Waals surface area contributed by atoms with E-state index in [9.17, 15) is 0 Å². The minimum atomic E-state index is 0.102. The summed E-state index contributed by atoms with van der Waals surface area (Å²) < 4.78 is 5.71. The Bertz CT molecular complexity index is 833. The topological polar surface area (TPSA) is 62.3 Å². The normalized spacial score (nSPS) is 21.9.